The molecule has 0 heterocycles. The fraction of sp³-hybridized carbons (Fsp3) is 0.455. The Morgan fingerprint density at radius 3 is 2.60 bits per heavy atom. The Kier molecular flexibility index (Phi) is 5.08. The highest BCUT2D eigenvalue weighted by Gasteiger charge is 2.11. The molecule has 1 aromatic carbocycles. The van der Waals surface area contributed by atoms with E-state index < -0.39 is 0 Å². The van der Waals surface area contributed by atoms with E-state index >= 15 is 0 Å². The van der Waals surface area contributed by atoms with Gasteiger partial charge in [-0.05, 0) is 33.6 Å². The third kappa shape index (κ3) is 3.19. The Hall–Kier alpha value is -0.580. The van der Waals surface area contributed by atoms with Crippen LogP contribution in [0.25, 0.3) is 0 Å². The van der Waals surface area contributed by atoms with Crippen LogP contribution in [0.4, 0.5) is 0 Å². The first-order valence-electron chi connectivity index (χ1n) is 4.75. The van der Waals surface area contributed by atoms with E-state index in [1.54, 1.807) is 14.2 Å². The Labute approximate surface area is 98.7 Å². The van der Waals surface area contributed by atoms with Gasteiger partial charge in [0.15, 0.2) is 0 Å². The highest BCUT2D eigenvalue weighted by Crippen LogP contribution is 2.28. The zero-order valence-corrected chi connectivity index (χ0v) is 10.6. The summed E-state index contributed by atoms with van der Waals surface area (Å²) in [4.78, 5) is 0. The average Bonchev–Trinajstić information content (AvgIpc) is 2.25. The minimum absolute atomic E-state index is 0.234. The summed E-state index contributed by atoms with van der Waals surface area (Å²) in [5.41, 5.74) is 6.84. The zero-order valence-electron chi connectivity index (χ0n) is 9.00. The lowest BCUT2D eigenvalue weighted by Crippen LogP contribution is -2.17. The van der Waals surface area contributed by atoms with Gasteiger partial charge in [0.05, 0.1) is 18.2 Å². The maximum atomic E-state index is 5.68. The van der Waals surface area contributed by atoms with Crippen LogP contribution in [0.3, 0.4) is 0 Å². The first kappa shape index (κ1) is 12.5. The summed E-state index contributed by atoms with van der Waals surface area (Å²) in [5.74, 6) is 1.06. The molecule has 1 aromatic rings. The third-order valence-corrected chi connectivity index (χ3v) is 2.92. The van der Waals surface area contributed by atoms with Crippen molar-refractivity contribution >= 4 is 15.9 Å². The summed E-state index contributed by atoms with van der Waals surface area (Å²) < 4.78 is 11.2. The predicted molar refractivity (Wildman–Crippen MR) is 64.4 cm³/mol. The van der Waals surface area contributed by atoms with Crippen LogP contribution in [0.15, 0.2) is 22.7 Å². The van der Waals surface area contributed by atoms with E-state index in [0.29, 0.717) is 13.2 Å². The molecule has 2 N–H and O–H groups in total. The van der Waals surface area contributed by atoms with Crippen LogP contribution in [-0.2, 0) is 4.74 Å². The van der Waals surface area contributed by atoms with Gasteiger partial charge >= 0.3 is 0 Å². The molecule has 1 unspecified atom stereocenters. The smallest absolute Gasteiger partial charge is 0.133 e. The number of methoxy groups -OCH3 is 2. The van der Waals surface area contributed by atoms with Gasteiger partial charge in [-0.1, -0.05) is 6.07 Å². The van der Waals surface area contributed by atoms with Crippen molar-refractivity contribution in [1.82, 2.24) is 0 Å². The number of benzene rings is 1. The summed E-state index contributed by atoms with van der Waals surface area (Å²) >= 11 is 3.45. The molecule has 84 valence electrons. The van der Waals surface area contributed by atoms with Gasteiger partial charge in [0.2, 0.25) is 0 Å². The minimum Gasteiger partial charge on any atom is -0.496 e. The highest BCUT2D eigenvalue weighted by molar-refractivity contribution is 9.10. The van der Waals surface area contributed by atoms with Gasteiger partial charge < -0.3 is 15.2 Å². The van der Waals surface area contributed by atoms with Crippen molar-refractivity contribution in [3.63, 3.8) is 0 Å². The quantitative estimate of drug-likeness (QED) is 0.894. The molecular formula is C11H16BrNO2. The standard InChI is InChI=1S/C11H16BrNO2/c1-14-7-9(6-13)8-3-4-11(15-2)10(12)5-8/h3-5,9H,6-7,13H2,1-2H3. The van der Waals surface area contributed by atoms with Crippen molar-refractivity contribution in [3.05, 3.63) is 28.2 Å². The number of halogens is 1. The Balaban J connectivity index is 2.89. The molecule has 0 bridgehead atoms. The number of nitrogens with two attached hydrogens (primary N) is 1. The van der Waals surface area contributed by atoms with E-state index in [2.05, 4.69) is 15.9 Å². The predicted octanol–water partition coefficient (Wildman–Crippen LogP) is 2.15. The van der Waals surface area contributed by atoms with Gasteiger partial charge in [-0.15, -0.1) is 0 Å². The summed E-state index contributed by atoms with van der Waals surface area (Å²) in [6, 6.07) is 5.97. The van der Waals surface area contributed by atoms with Gasteiger partial charge in [-0.25, -0.2) is 0 Å². The van der Waals surface area contributed by atoms with E-state index in [-0.39, 0.29) is 5.92 Å². The van der Waals surface area contributed by atoms with Crippen molar-refractivity contribution < 1.29 is 9.47 Å². The molecule has 3 nitrogen and oxygen atoms in total. The molecule has 0 fully saturated rings. The van der Waals surface area contributed by atoms with E-state index in [4.69, 9.17) is 15.2 Å². The maximum Gasteiger partial charge on any atom is 0.133 e. The van der Waals surface area contributed by atoms with Crippen LogP contribution in [0.2, 0.25) is 0 Å². The van der Waals surface area contributed by atoms with E-state index in [1.807, 2.05) is 18.2 Å². The fourth-order valence-electron chi connectivity index (χ4n) is 1.44. The molecule has 0 aliphatic heterocycles. The maximum absolute atomic E-state index is 5.68. The molecule has 0 radical (unpaired) electrons. The zero-order chi connectivity index (χ0) is 11.3. The largest absolute Gasteiger partial charge is 0.496 e. The van der Waals surface area contributed by atoms with Gasteiger partial charge in [0.25, 0.3) is 0 Å². The van der Waals surface area contributed by atoms with E-state index in [9.17, 15) is 0 Å². The summed E-state index contributed by atoms with van der Waals surface area (Å²) in [6.07, 6.45) is 0. The second-order valence-corrected chi connectivity index (χ2v) is 4.14. The normalized spacial score (nSPS) is 12.5. The molecule has 0 aliphatic rings. The fourth-order valence-corrected chi connectivity index (χ4v) is 2.00. The minimum atomic E-state index is 0.234. The van der Waals surface area contributed by atoms with Crippen LogP contribution in [0.1, 0.15) is 11.5 Å². The first-order valence-corrected chi connectivity index (χ1v) is 5.54. The van der Waals surface area contributed by atoms with Crippen molar-refractivity contribution in [2.45, 2.75) is 5.92 Å². The molecule has 0 aliphatic carbocycles. The number of hydrogen-bond donors (Lipinski definition) is 1. The molecule has 15 heavy (non-hydrogen) atoms. The lowest BCUT2D eigenvalue weighted by atomic mass is 10.0. The molecule has 0 amide bonds. The van der Waals surface area contributed by atoms with Crippen LogP contribution >= 0.6 is 15.9 Å². The summed E-state index contributed by atoms with van der Waals surface area (Å²) in [6.45, 7) is 1.21. The topological polar surface area (TPSA) is 44.5 Å². The molecule has 4 heteroatoms. The average molecular weight is 274 g/mol. The number of hydrogen-bond acceptors (Lipinski definition) is 3. The van der Waals surface area contributed by atoms with Crippen LogP contribution in [0.5, 0.6) is 5.75 Å². The second-order valence-electron chi connectivity index (χ2n) is 3.28. The van der Waals surface area contributed by atoms with Crippen molar-refractivity contribution in [2.24, 2.45) is 5.73 Å². The van der Waals surface area contributed by atoms with Crippen molar-refractivity contribution in [1.29, 1.82) is 0 Å². The molecule has 1 atom stereocenters. The molecular weight excluding hydrogens is 258 g/mol. The highest BCUT2D eigenvalue weighted by atomic mass is 79.9. The van der Waals surface area contributed by atoms with E-state index in [1.165, 1.54) is 0 Å². The SMILES string of the molecule is COCC(CN)c1ccc(OC)c(Br)c1. The van der Waals surface area contributed by atoms with Crippen LogP contribution in [0, 0.1) is 0 Å². The molecule has 0 aromatic heterocycles. The summed E-state index contributed by atoms with van der Waals surface area (Å²) in [5, 5.41) is 0. The van der Waals surface area contributed by atoms with Crippen LogP contribution < -0.4 is 10.5 Å². The van der Waals surface area contributed by atoms with Crippen LogP contribution in [-0.4, -0.2) is 27.4 Å². The van der Waals surface area contributed by atoms with Crippen molar-refractivity contribution in [3.8, 4) is 5.75 Å². The summed E-state index contributed by atoms with van der Waals surface area (Å²) in [7, 11) is 3.33. The van der Waals surface area contributed by atoms with Gasteiger partial charge in [-0.2, -0.15) is 0 Å². The lowest BCUT2D eigenvalue weighted by molar-refractivity contribution is 0.181. The second kappa shape index (κ2) is 6.10. The molecule has 0 saturated heterocycles. The Morgan fingerprint density at radius 1 is 1.40 bits per heavy atom. The molecule has 1 rings (SSSR count). The van der Waals surface area contributed by atoms with Gasteiger partial charge in [0, 0.05) is 19.6 Å². The van der Waals surface area contributed by atoms with Crippen molar-refractivity contribution in [2.75, 3.05) is 27.4 Å². The number of rotatable bonds is 5. The van der Waals surface area contributed by atoms with Gasteiger partial charge in [0.1, 0.15) is 5.75 Å². The van der Waals surface area contributed by atoms with Gasteiger partial charge in [-0.3, -0.25) is 0 Å². The molecule has 0 spiro atoms. The monoisotopic (exact) mass is 273 g/mol. The van der Waals surface area contributed by atoms with E-state index in [0.717, 1.165) is 15.8 Å². The lowest BCUT2D eigenvalue weighted by Gasteiger charge is -2.15. The first-order chi connectivity index (χ1) is 7.22. The third-order valence-electron chi connectivity index (χ3n) is 2.30. The Bertz CT molecular complexity index is 317. The number of ether oxygens (including phenoxy) is 2. The Morgan fingerprint density at radius 2 is 2.13 bits per heavy atom. The molecule has 0 saturated carbocycles.